The SMILES string of the molecule is C[C@]12CC[C@@H]3c4ccc(OC(=O)[C@@H](N)CCCCN)cc4CC[C@H]3[C@@H]1C[C@@H](OC1O[C@H](C(=O)O)[C@@H](O)[C@H](O)[C@H]1O)[C@@H]2O. The molecule has 1 heterocycles. The Balaban J connectivity index is 1.26. The van der Waals surface area contributed by atoms with Crippen molar-refractivity contribution in [2.24, 2.45) is 28.7 Å². The first-order chi connectivity index (χ1) is 20.0. The summed E-state index contributed by atoms with van der Waals surface area (Å²) in [6.07, 6.45) is -4.31. The molecule has 1 aromatic rings. The molecule has 3 aliphatic carbocycles. The lowest BCUT2D eigenvalue weighted by Gasteiger charge is -2.50. The van der Waals surface area contributed by atoms with Crippen LogP contribution in [0.1, 0.15) is 68.9 Å². The molecule has 2 saturated carbocycles. The number of aliphatic hydroxyl groups excluding tert-OH is 4. The van der Waals surface area contributed by atoms with Gasteiger partial charge >= 0.3 is 11.9 Å². The smallest absolute Gasteiger partial charge is 0.335 e. The Morgan fingerprint density at radius 2 is 1.88 bits per heavy atom. The molecule has 5 rings (SSSR count). The van der Waals surface area contributed by atoms with E-state index in [0.717, 1.165) is 44.1 Å². The molecule has 12 heteroatoms. The average molecular weight is 593 g/mol. The summed E-state index contributed by atoms with van der Waals surface area (Å²) in [5, 5.41) is 51.4. The Hall–Kier alpha value is -2.16. The van der Waals surface area contributed by atoms with Crippen LogP contribution in [0.25, 0.3) is 0 Å². The molecule has 1 unspecified atom stereocenters. The van der Waals surface area contributed by atoms with Crippen molar-refractivity contribution in [3.8, 4) is 5.75 Å². The number of aliphatic carboxylic acids is 1. The van der Waals surface area contributed by atoms with Crippen molar-refractivity contribution < 1.29 is 49.3 Å². The quantitative estimate of drug-likeness (QED) is 0.116. The van der Waals surface area contributed by atoms with Gasteiger partial charge in [-0.25, -0.2) is 9.59 Å². The maximum Gasteiger partial charge on any atom is 0.335 e. The van der Waals surface area contributed by atoms with Gasteiger partial charge in [-0.15, -0.1) is 0 Å². The zero-order valence-electron chi connectivity index (χ0n) is 23.9. The van der Waals surface area contributed by atoms with Crippen LogP contribution in [0.2, 0.25) is 0 Å². The van der Waals surface area contributed by atoms with Crippen LogP contribution in [-0.2, 0) is 25.5 Å². The van der Waals surface area contributed by atoms with E-state index in [0.29, 0.717) is 25.1 Å². The predicted molar refractivity (Wildman–Crippen MR) is 148 cm³/mol. The number of aliphatic hydroxyl groups is 4. The topological polar surface area (TPSA) is 215 Å². The summed E-state index contributed by atoms with van der Waals surface area (Å²) < 4.78 is 16.9. The van der Waals surface area contributed by atoms with Crippen molar-refractivity contribution in [2.45, 2.75) is 113 Å². The number of benzene rings is 1. The highest BCUT2D eigenvalue weighted by molar-refractivity contribution is 5.78. The van der Waals surface area contributed by atoms with Gasteiger partial charge in [-0.1, -0.05) is 19.4 Å². The van der Waals surface area contributed by atoms with E-state index in [-0.39, 0.29) is 17.8 Å². The summed E-state index contributed by atoms with van der Waals surface area (Å²) in [5.41, 5.74) is 13.4. The number of aryl methyl sites for hydroxylation is 1. The minimum absolute atomic E-state index is 0.0972. The number of unbranched alkanes of at least 4 members (excludes halogenated alkanes) is 1. The zero-order valence-corrected chi connectivity index (χ0v) is 23.9. The molecule has 3 fully saturated rings. The molecule has 4 aliphatic rings. The fourth-order valence-corrected chi connectivity index (χ4v) is 7.87. The summed E-state index contributed by atoms with van der Waals surface area (Å²) in [4.78, 5) is 24.0. The van der Waals surface area contributed by atoms with Crippen molar-refractivity contribution >= 4 is 11.9 Å². The monoisotopic (exact) mass is 592 g/mol. The molecule has 9 N–H and O–H groups in total. The molecule has 42 heavy (non-hydrogen) atoms. The predicted octanol–water partition coefficient (Wildman–Crippen LogP) is 0.153. The highest BCUT2D eigenvalue weighted by atomic mass is 16.7. The van der Waals surface area contributed by atoms with Crippen LogP contribution in [0.15, 0.2) is 18.2 Å². The number of carboxylic acid groups (broad SMARTS) is 1. The van der Waals surface area contributed by atoms with E-state index in [4.69, 9.17) is 25.7 Å². The second kappa shape index (κ2) is 12.4. The molecular formula is C30H44N2O10. The first-order valence-corrected chi connectivity index (χ1v) is 15.0. The number of nitrogens with two attached hydrogens (primary N) is 2. The van der Waals surface area contributed by atoms with E-state index in [1.807, 2.05) is 25.1 Å². The number of carbonyl (C=O) groups excluding carboxylic acids is 1. The van der Waals surface area contributed by atoms with Gasteiger partial charge in [0.05, 0.1) is 12.2 Å². The lowest BCUT2D eigenvalue weighted by Crippen LogP contribution is -2.61. The van der Waals surface area contributed by atoms with Gasteiger partial charge in [0.2, 0.25) is 0 Å². The van der Waals surface area contributed by atoms with Gasteiger partial charge in [0.1, 0.15) is 30.1 Å². The third kappa shape index (κ3) is 5.71. The minimum Gasteiger partial charge on any atom is -0.479 e. The first-order valence-electron chi connectivity index (χ1n) is 15.0. The number of fused-ring (bicyclic) bond motifs is 5. The summed E-state index contributed by atoms with van der Waals surface area (Å²) in [5.74, 6) is -0.841. The third-order valence-electron chi connectivity index (χ3n) is 10.3. The van der Waals surface area contributed by atoms with Crippen molar-refractivity contribution in [1.82, 2.24) is 0 Å². The summed E-state index contributed by atoms with van der Waals surface area (Å²) in [7, 11) is 0. The van der Waals surface area contributed by atoms with Crippen molar-refractivity contribution in [1.29, 1.82) is 0 Å². The van der Waals surface area contributed by atoms with Crippen LogP contribution in [0.4, 0.5) is 0 Å². The van der Waals surface area contributed by atoms with E-state index in [9.17, 15) is 35.1 Å². The van der Waals surface area contributed by atoms with E-state index >= 15 is 0 Å². The normalized spacial score (nSPS) is 40.0. The van der Waals surface area contributed by atoms with Crippen molar-refractivity contribution in [3.63, 3.8) is 0 Å². The molecule has 0 radical (unpaired) electrons. The number of esters is 1. The van der Waals surface area contributed by atoms with Gasteiger partial charge in [0.15, 0.2) is 12.4 Å². The maximum absolute atomic E-state index is 12.5. The Morgan fingerprint density at radius 3 is 2.60 bits per heavy atom. The molecule has 1 aromatic carbocycles. The standard InChI is InChI=1S/C30H44N2O10/c1-30-10-9-17-16-8-6-15(40-28(39)20(32)4-2-3-11-31)12-14(16)5-7-18(17)19(30)13-21(26(30)36)41-29-24(35)22(33)23(34)25(42-29)27(37)38/h6,8,12,17-26,29,33-36H,2-5,7,9-11,13,31-32H2,1H3,(H,37,38)/t17-,18-,19+,20+,21-,22+,23+,24-,25+,26+,29?,30+/m1/s1. The van der Waals surface area contributed by atoms with Crippen LogP contribution in [-0.4, -0.2) is 93.0 Å². The lowest BCUT2D eigenvalue weighted by molar-refractivity contribution is -0.309. The van der Waals surface area contributed by atoms with Gasteiger partial charge in [-0.2, -0.15) is 0 Å². The van der Waals surface area contributed by atoms with E-state index in [1.54, 1.807) is 0 Å². The number of hydrogen-bond donors (Lipinski definition) is 7. The van der Waals surface area contributed by atoms with Crippen LogP contribution in [0.5, 0.6) is 5.75 Å². The molecule has 0 spiro atoms. The van der Waals surface area contributed by atoms with Gasteiger partial charge in [0.25, 0.3) is 0 Å². The molecule has 12 atom stereocenters. The second-order valence-electron chi connectivity index (χ2n) is 12.7. The van der Waals surface area contributed by atoms with Crippen LogP contribution in [0.3, 0.4) is 0 Å². The highest BCUT2D eigenvalue weighted by Gasteiger charge is 2.59. The Bertz CT molecular complexity index is 1150. The first kappa shape index (κ1) is 31.3. The fraction of sp³-hybridized carbons (Fsp3) is 0.733. The van der Waals surface area contributed by atoms with Gasteiger partial charge in [-0.05, 0) is 97.9 Å². The fourth-order valence-electron chi connectivity index (χ4n) is 7.87. The summed E-state index contributed by atoms with van der Waals surface area (Å²) >= 11 is 0. The highest BCUT2D eigenvalue weighted by Crippen LogP contribution is 2.61. The number of carboxylic acids is 1. The Kier molecular flexibility index (Phi) is 9.27. The molecule has 12 nitrogen and oxygen atoms in total. The largest absolute Gasteiger partial charge is 0.479 e. The van der Waals surface area contributed by atoms with Crippen LogP contribution < -0.4 is 16.2 Å². The minimum atomic E-state index is -1.81. The maximum atomic E-state index is 12.5. The molecule has 1 aliphatic heterocycles. The Morgan fingerprint density at radius 1 is 1.12 bits per heavy atom. The molecule has 1 saturated heterocycles. The molecule has 0 bridgehead atoms. The third-order valence-corrected chi connectivity index (χ3v) is 10.3. The second-order valence-corrected chi connectivity index (χ2v) is 12.7. The van der Waals surface area contributed by atoms with Crippen molar-refractivity contribution in [2.75, 3.05) is 6.54 Å². The van der Waals surface area contributed by atoms with Gasteiger partial charge in [-0.3, -0.25) is 0 Å². The number of ether oxygens (including phenoxy) is 3. The van der Waals surface area contributed by atoms with Gasteiger partial charge in [0, 0.05) is 0 Å². The summed E-state index contributed by atoms with van der Waals surface area (Å²) in [6.45, 7) is 2.61. The number of rotatable bonds is 9. The van der Waals surface area contributed by atoms with E-state index in [2.05, 4.69) is 0 Å². The average Bonchev–Trinajstić information content (AvgIpc) is 3.22. The number of carbonyl (C=O) groups is 2. The number of hydrogen-bond acceptors (Lipinski definition) is 11. The molecule has 0 aromatic heterocycles. The van der Waals surface area contributed by atoms with Crippen molar-refractivity contribution in [3.05, 3.63) is 29.3 Å². The molecule has 234 valence electrons. The zero-order chi connectivity index (χ0) is 30.3. The van der Waals surface area contributed by atoms with E-state index in [1.165, 1.54) is 5.56 Å². The van der Waals surface area contributed by atoms with Gasteiger partial charge < -0.3 is 51.2 Å². The molecular weight excluding hydrogens is 548 g/mol. The van der Waals surface area contributed by atoms with Crippen LogP contribution in [0, 0.1) is 17.3 Å². The Labute approximate surface area is 244 Å². The van der Waals surface area contributed by atoms with Crippen LogP contribution >= 0.6 is 0 Å². The summed E-state index contributed by atoms with van der Waals surface area (Å²) in [6, 6.07) is 5.08. The molecule has 0 amide bonds. The lowest BCUT2D eigenvalue weighted by atomic mass is 9.55. The van der Waals surface area contributed by atoms with E-state index < -0.39 is 66.3 Å².